The van der Waals surface area contributed by atoms with Crippen molar-refractivity contribution in [2.75, 3.05) is 0 Å². The molecule has 11 rings (SSSR count). The van der Waals surface area contributed by atoms with Gasteiger partial charge < -0.3 is 15.1 Å². The second kappa shape index (κ2) is 11.0. The molecular formula is C46H31N4O-. The predicted octanol–water partition coefficient (Wildman–Crippen LogP) is 11.2. The van der Waals surface area contributed by atoms with E-state index in [0.717, 1.165) is 50.4 Å². The summed E-state index contributed by atoms with van der Waals surface area (Å²) < 4.78 is 6.81. The Kier molecular flexibility index (Phi) is 6.15. The van der Waals surface area contributed by atoms with Crippen molar-refractivity contribution in [1.29, 1.82) is 0 Å². The topological polar surface area (TPSA) is 63.7 Å². The number of rotatable bonds is 4. The van der Waals surface area contributed by atoms with Gasteiger partial charge in [0, 0.05) is 11.0 Å². The molecular weight excluding hydrogens is 625 g/mol. The maximum absolute atomic E-state index is 6.81. The zero-order valence-corrected chi connectivity index (χ0v) is 27.5. The molecule has 8 aromatic rings. The number of aliphatic imine (C=N–C) groups is 1. The van der Waals surface area contributed by atoms with E-state index in [1.165, 1.54) is 43.8 Å². The molecule has 0 amide bonds. The Hall–Kier alpha value is -6.43. The summed E-state index contributed by atoms with van der Waals surface area (Å²) >= 11 is 0. The number of hydrogen-bond acceptors (Lipinski definition) is 4. The molecule has 0 bridgehead atoms. The summed E-state index contributed by atoms with van der Waals surface area (Å²) in [6.07, 6.45) is 1.56. The van der Waals surface area contributed by atoms with E-state index in [0.29, 0.717) is 0 Å². The molecule has 3 heterocycles. The monoisotopic (exact) mass is 655 g/mol. The van der Waals surface area contributed by atoms with Crippen LogP contribution in [0.15, 0.2) is 167 Å². The average molecular weight is 656 g/mol. The highest BCUT2D eigenvalue weighted by Gasteiger charge is 2.32. The summed E-state index contributed by atoms with van der Waals surface area (Å²) in [7, 11) is 0. The number of benzene rings is 7. The van der Waals surface area contributed by atoms with Crippen LogP contribution in [0.25, 0.3) is 65.7 Å². The van der Waals surface area contributed by atoms with Crippen LogP contribution in [-0.2, 0) is 0 Å². The molecule has 2 aliphatic heterocycles. The van der Waals surface area contributed by atoms with Gasteiger partial charge in [0.1, 0.15) is 23.7 Å². The van der Waals surface area contributed by atoms with Crippen molar-refractivity contribution in [3.8, 4) is 22.3 Å². The number of hydrogen-bond donors (Lipinski definition) is 2. The lowest BCUT2D eigenvalue weighted by molar-refractivity contribution is 0.403. The lowest BCUT2D eigenvalue weighted by Gasteiger charge is -2.41. The van der Waals surface area contributed by atoms with Gasteiger partial charge in [0.25, 0.3) is 0 Å². The number of furan rings is 1. The molecule has 0 spiro atoms. The molecule has 51 heavy (non-hydrogen) atoms. The molecule has 1 aromatic heterocycles. The van der Waals surface area contributed by atoms with Crippen LogP contribution in [0.1, 0.15) is 46.4 Å². The van der Waals surface area contributed by atoms with Gasteiger partial charge in [-0.25, -0.2) is 4.99 Å². The third-order valence-electron chi connectivity index (χ3n) is 10.7. The minimum atomic E-state index is -0.385. The maximum Gasteiger partial charge on any atom is 0.136 e. The Balaban J connectivity index is 1.07. The zero-order chi connectivity index (χ0) is 33.5. The lowest BCUT2D eigenvalue weighted by atomic mass is 9.88. The van der Waals surface area contributed by atoms with Gasteiger partial charge in [0.15, 0.2) is 0 Å². The van der Waals surface area contributed by atoms with Gasteiger partial charge in [-0.1, -0.05) is 140 Å². The first-order valence-corrected chi connectivity index (χ1v) is 17.5. The molecule has 242 valence electrons. The van der Waals surface area contributed by atoms with Crippen molar-refractivity contribution in [3.63, 3.8) is 0 Å². The fourth-order valence-electron chi connectivity index (χ4n) is 8.35. The molecule has 0 radical (unpaired) electrons. The number of nitrogens with zero attached hydrogens (tertiary/aromatic N) is 2. The second-order valence-corrected chi connectivity index (χ2v) is 13.5. The molecule has 5 heteroatoms. The van der Waals surface area contributed by atoms with E-state index in [1.807, 2.05) is 18.3 Å². The summed E-state index contributed by atoms with van der Waals surface area (Å²) in [6, 6.07) is 53.3. The third-order valence-corrected chi connectivity index (χ3v) is 10.7. The Morgan fingerprint density at radius 1 is 0.569 bits per heavy atom. The van der Waals surface area contributed by atoms with Crippen molar-refractivity contribution >= 4 is 43.9 Å². The number of nitrogens with one attached hydrogen (secondary N) is 2. The third kappa shape index (κ3) is 4.35. The van der Waals surface area contributed by atoms with Crippen molar-refractivity contribution in [2.24, 2.45) is 4.99 Å². The fourth-order valence-corrected chi connectivity index (χ4v) is 8.35. The van der Waals surface area contributed by atoms with Gasteiger partial charge in [-0.05, 0) is 84.2 Å². The average Bonchev–Trinajstić information content (AvgIpc) is 3.75. The molecule has 5 nitrogen and oxygen atoms in total. The Labute approximate surface area is 295 Å². The number of amidine groups is 1. The molecule has 7 aromatic carbocycles. The van der Waals surface area contributed by atoms with Gasteiger partial charge in [-0.2, -0.15) is 6.20 Å². The summed E-state index contributed by atoms with van der Waals surface area (Å²) in [5, 5.41) is 18.8. The zero-order valence-electron chi connectivity index (χ0n) is 27.5. The summed E-state index contributed by atoms with van der Waals surface area (Å²) in [5.41, 5.74) is 11.3. The van der Waals surface area contributed by atoms with Crippen LogP contribution in [0.5, 0.6) is 0 Å². The van der Waals surface area contributed by atoms with Crippen LogP contribution in [0, 0.1) is 0 Å². The van der Waals surface area contributed by atoms with Crippen LogP contribution >= 0.6 is 0 Å². The van der Waals surface area contributed by atoms with E-state index in [1.54, 1.807) is 0 Å². The van der Waals surface area contributed by atoms with Gasteiger partial charge in [-0.3, -0.25) is 5.32 Å². The van der Waals surface area contributed by atoms with Crippen molar-refractivity contribution < 1.29 is 4.42 Å². The highest BCUT2D eigenvalue weighted by atomic mass is 16.3. The molecule has 2 N–H and O–H groups in total. The summed E-state index contributed by atoms with van der Waals surface area (Å²) in [5.74, 6) is 1.65. The van der Waals surface area contributed by atoms with Crippen molar-refractivity contribution in [2.45, 2.75) is 18.4 Å². The van der Waals surface area contributed by atoms with Crippen LogP contribution in [0.4, 0.5) is 0 Å². The molecule has 0 saturated heterocycles. The van der Waals surface area contributed by atoms with Crippen molar-refractivity contribution in [1.82, 2.24) is 10.6 Å². The second-order valence-electron chi connectivity index (χ2n) is 13.5. The molecule has 3 aliphatic rings. The number of para-hydroxylation sites is 1. The first kappa shape index (κ1) is 28.4. The summed E-state index contributed by atoms with van der Waals surface area (Å²) in [4.78, 5) is 5.38. The highest BCUT2D eigenvalue weighted by Crippen LogP contribution is 2.51. The fraction of sp³-hybridized carbons (Fsp3) is 0.0652. The minimum absolute atomic E-state index is 0.171. The van der Waals surface area contributed by atoms with E-state index in [4.69, 9.17) is 14.7 Å². The Bertz CT molecular complexity index is 2730. The van der Waals surface area contributed by atoms with Gasteiger partial charge in [0.2, 0.25) is 0 Å². The van der Waals surface area contributed by atoms with Crippen LogP contribution < -0.4 is 10.6 Å². The Morgan fingerprint density at radius 2 is 1.27 bits per heavy atom. The largest absolute Gasteiger partial charge is 0.677 e. The molecule has 0 fully saturated rings. The minimum Gasteiger partial charge on any atom is -0.677 e. The van der Waals surface area contributed by atoms with Gasteiger partial charge in [0.05, 0.1) is 5.84 Å². The van der Waals surface area contributed by atoms with E-state index in [2.05, 4.69) is 150 Å². The van der Waals surface area contributed by atoms with E-state index < -0.39 is 0 Å². The van der Waals surface area contributed by atoms with Gasteiger partial charge in [-0.15, -0.1) is 0 Å². The number of fused-ring (bicyclic) bond motifs is 7. The first-order valence-electron chi connectivity index (χ1n) is 17.5. The Morgan fingerprint density at radius 3 is 2.16 bits per heavy atom. The molecule has 1 aliphatic carbocycles. The smallest absolute Gasteiger partial charge is 0.136 e. The molecule has 0 saturated carbocycles. The van der Waals surface area contributed by atoms with Gasteiger partial charge >= 0.3 is 0 Å². The van der Waals surface area contributed by atoms with Crippen molar-refractivity contribution in [3.05, 3.63) is 191 Å². The standard InChI is InChI=1S/C46H31N4O/c1-2-12-28(13-3-1)44-48-45(30-22-21-27-11-4-5-14-29(27)25-30)50-46(49-44)42-41-37-17-8-9-20-39(37)51-43(41)38(26-47-42)33-23-24-36-32-16-7-6-15-31(32)34-18-10-19-35(33)40(34)36/h1-26,42,44-45,48H,(H,49,50)/q-1. The molecule has 3 unspecified atom stereocenters. The molecule has 3 atom stereocenters. The summed E-state index contributed by atoms with van der Waals surface area (Å²) in [6.45, 7) is 0. The normalized spacial score (nSPS) is 18.9. The van der Waals surface area contributed by atoms with Crippen LogP contribution in [0.2, 0.25) is 0 Å². The SMILES string of the molecule is C1=C(c2ccc3c4c(cccc24)-c2ccccc2-3)c2oc3ccccc3c2C(C2=NC(c3ccc4ccccc4c3)NC(c3ccccc3)N2)[N-]1. The van der Waals surface area contributed by atoms with Crippen LogP contribution in [0.3, 0.4) is 0 Å². The highest BCUT2D eigenvalue weighted by molar-refractivity contribution is 6.18. The first-order chi connectivity index (χ1) is 25.3. The lowest BCUT2D eigenvalue weighted by Crippen LogP contribution is -2.46. The van der Waals surface area contributed by atoms with Crippen LogP contribution in [-0.4, -0.2) is 5.84 Å². The van der Waals surface area contributed by atoms with E-state index in [9.17, 15) is 0 Å². The quantitative estimate of drug-likeness (QED) is 0.198. The van der Waals surface area contributed by atoms with E-state index >= 15 is 0 Å². The predicted molar refractivity (Wildman–Crippen MR) is 207 cm³/mol. The van der Waals surface area contributed by atoms with E-state index in [-0.39, 0.29) is 18.4 Å². The maximum atomic E-state index is 6.81.